The first-order valence-electron chi connectivity index (χ1n) is 6.61. The number of anilines is 3. The molecule has 2 aromatic rings. The molecule has 0 saturated heterocycles. The average Bonchev–Trinajstić information content (AvgIpc) is 2.38. The summed E-state index contributed by atoms with van der Waals surface area (Å²) in [7, 11) is 0. The maximum absolute atomic E-state index is 4.42. The second-order valence-corrected chi connectivity index (χ2v) is 4.55. The monoisotopic (exact) mass is 256 g/mol. The van der Waals surface area contributed by atoms with Crippen molar-refractivity contribution in [1.82, 2.24) is 9.97 Å². The van der Waals surface area contributed by atoms with Crippen LogP contribution in [0, 0.1) is 13.8 Å². The Bertz CT molecular complexity index is 552. The van der Waals surface area contributed by atoms with Gasteiger partial charge in [0.2, 0.25) is 0 Å². The molecule has 19 heavy (non-hydrogen) atoms. The highest BCUT2D eigenvalue weighted by molar-refractivity contribution is 5.62. The summed E-state index contributed by atoms with van der Waals surface area (Å²) in [5, 5.41) is 6.62. The lowest BCUT2D eigenvalue weighted by atomic mass is 10.2. The zero-order valence-corrected chi connectivity index (χ0v) is 11.7. The molecule has 4 nitrogen and oxygen atoms in total. The number of hydrogen-bond acceptors (Lipinski definition) is 4. The summed E-state index contributed by atoms with van der Waals surface area (Å²) in [5.74, 6) is 2.45. The summed E-state index contributed by atoms with van der Waals surface area (Å²) in [6, 6.07) is 10.1. The van der Waals surface area contributed by atoms with E-state index in [0.717, 1.165) is 36.1 Å². The molecule has 0 radical (unpaired) electrons. The van der Waals surface area contributed by atoms with Crippen molar-refractivity contribution in [3.63, 3.8) is 0 Å². The van der Waals surface area contributed by atoms with Crippen LogP contribution in [0.4, 0.5) is 17.3 Å². The third-order valence-corrected chi connectivity index (χ3v) is 2.80. The van der Waals surface area contributed by atoms with Crippen LogP contribution in [-0.2, 0) is 0 Å². The molecule has 0 fully saturated rings. The maximum Gasteiger partial charge on any atom is 0.136 e. The first kappa shape index (κ1) is 13.3. The highest BCUT2D eigenvalue weighted by atomic mass is 15.1. The van der Waals surface area contributed by atoms with Gasteiger partial charge in [0, 0.05) is 18.3 Å². The molecule has 0 bridgehead atoms. The van der Waals surface area contributed by atoms with Crippen LogP contribution in [0.5, 0.6) is 0 Å². The van der Waals surface area contributed by atoms with Crippen LogP contribution in [0.3, 0.4) is 0 Å². The third-order valence-electron chi connectivity index (χ3n) is 2.80. The van der Waals surface area contributed by atoms with Crippen LogP contribution in [-0.4, -0.2) is 16.5 Å². The summed E-state index contributed by atoms with van der Waals surface area (Å²) in [4.78, 5) is 8.79. The average molecular weight is 256 g/mol. The van der Waals surface area contributed by atoms with Crippen molar-refractivity contribution in [2.75, 3.05) is 17.2 Å². The van der Waals surface area contributed by atoms with Gasteiger partial charge in [-0.2, -0.15) is 0 Å². The van der Waals surface area contributed by atoms with Gasteiger partial charge in [-0.25, -0.2) is 9.97 Å². The molecule has 1 heterocycles. The molecule has 0 amide bonds. The fraction of sp³-hybridized carbons (Fsp3) is 0.333. The lowest BCUT2D eigenvalue weighted by Gasteiger charge is -2.11. The second kappa shape index (κ2) is 6.18. The van der Waals surface area contributed by atoms with Crippen molar-refractivity contribution in [2.45, 2.75) is 27.2 Å². The molecule has 2 N–H and O–H groups in total. The van der Waals surface area contributed by atoms with Gasteiger partial charge in [0.25, 0.3) is 0 Å². The minimum absolute atomic E-state index is 0.761. The molecule has 0 spiro atoms. The lowest BCUT2D eigenvalue weighted by molar-refractivity contribution is 0.955. The van der Waals surface area contributed by atoms with Gasteiger partial charge in [0.1, 0.15) is 17.5 Å². The van der Waals surface area contributed by atoms with Crippen LogP contribution in [0.2, 0.25) is 0 Å². The minimum atomic E-state index is 0.761. The van der Waals surface area contributed by atoms with Crippen molar-refractivity contribution in [2.24, 2.45) is 0 Å². The number of rotatable bonds is 5. The van der Waals surface area contributed by atoms with E-state index in [4.69, 9.17) is 0 Å². The predicted octanol–water partition coefficient (Wildman–Crippen LogP) is 3.66. The van der Waals surface area contributed by atoms with Crippen LogP contribution in [0.15, 0.2) is 30.3 Å². The van der Waals surface area contributed by atoms with E-state index in [9.17, 15) is 0 Å². The van der Waals surface area contributed by atoms with Gasteiger partial charge in [-0.15, -0.1) is 0 Å². The van der Waals surface area contributed by atoms with E-state index < -0.39 is 0 Å². The molecular weight excluding hydrogens is 236 g/mol. The van der Waals surface area contributed by atoms with E-state index in [1.807, 2.05) is 31.2 Å². The molecule has 100 valence electrons. The van der Waals surface area contributed by atoms with Crippen molar-refractivity contribution in [3.05, 3.63) is 41.7 Å². The number of para-hydroxylation sites is 1. The first-order chi connectivity index (χ1) is 9.19. The lowest BCUT2D eigenvalue weighted by Crippen LogP contribution is -2.05. The zero-order chi connectivity index (χ0) is 13.7. The molecular formula is C15H20N4. The highest BCUT2D eigenvalue weighted by Crippen LogP contribution is 2.20. The number of nitrogens with zero attached hydrogens (tertiary/aromatic N) is 2. The summed E-state index contributed by atoms with van der Waals surface area (Å²) < 4.78 is 0. The van der Waals surface area contributed by atoms with Gasteiger partial charge < -0.3 is 10.6 Å². The SMILES string of the molecule is CCCNc1cc(Nc2ccccc2C)nc(C)n1. The Labute approximate surface area is 114 Å². The Morgan fingerprint density at radius 3 is 2.53 bits per heavy atom. The minimum Gasteiger partial charge on any atom is -0.370 e. The molecule has 0 aliphatic heterocycles. The van der Waals surface area contributed by atoms with Gasteiger partial charge in [0.15, 0.2) is 0 Å². The first-order valence-corrected chi connectivity index (χ1v) is 6.61. The molecule has 1 aromatic carbocycles. The number of hydrogen-bond donors (Lipinski definition) is 2. The van der Waals surface area contributed by atoms with Crippen molar-refractivity contribution in [1.29, 1.82) is 0 Å². The standard InChI is InChI=1S/C15H20N4/c1-4-9-16-14-10-15(18-12(3)17-14)19-13-8-6-5-7-11(13)2/h5-8,10H,4,9H2,1-3H3,(H2,16,17,18,19). The third kappa shape index (κ3) is 3.68. The van der Waals surface area contributed by atoms with Crippen LogP contribution in [0.1, 0.15) is 24.7 Å². The Balaban J connectivity index is 2.20. The molecule has 0 atom stereocenters. The fourth-order valence-electron chi connectivity index (χ4n) is 1.83. The molecule has 4 heteroatoms. The van der Waals surface area contributed by atoms with Gasteiger partial charge in [-0.1, -0.05) is 25.1 Å². The largest absolute Gasteiger partial charge is 0.370 e. The topological polar surface area (TPSA) is 49.8 Å². The molecule has 1 aromatic heterocycles. The van der Waals surface area contributed by atoms with E-state index >= 15 is 0 Å². The van der Waals surface area contributed by atoms with Crippen molar-refractivity contribution >= 4 is 17.3 Å². The second-order valence-electron chi connectivity index (χ2n) is 4.55. The van der Waals surface area contributed by atoms with Crippen LogP contribution < -0.4 is 10.6 Å². The number of benzene rings is 1. The van der Waals surface area contributed by atoms with Gasteiger partial charge in [0.05, 0.1) is 0 Å². The Kier molecular flexibility index (Phi) is 4.34. The van der Waals surface area contributed by atoms with Gasteiger partial charge >= 0.3 is 0 Å². The number of aromatic nitrogens is 2. The highest BCUT2D eigenvalue weighted by Gasteiger charge is 2.03. The molecule has 0 saturated carbocycles. The molecule has 0 aliphatic rings. The van der Waals surface area contributed by atoms with E-state index in [-0.39, 0.29) is 0 Å². The zero-order valence-electron chi connectivity index (χ0n) is 11.7. The normalized spacial score (nSPS) is 10.3. The maximum atomic E-state index is 4.42. The summed E-state index contributed by atoms with van der Waals surface area (Å²) in [6.45, 7) is 7.03. The van der Waals surface area contributed by atoms with E-state index in [2.05, 4.69) is 40.5 Å². The smallest absolute Gasteiger partial charge is 0.136 e. The van der Waals surface area contributed by atoms with Crippen LogP contribution in [0.25, 0.3) is 0 Å². The molecule has 0 unspecified atom stereocenters. The van der Waals surface area contributed by atoms with E-state index in [1.165, 1.54) is 5.56 Å². The van der Waals surface area contributed by atoms with E-state index in [0.29, 0.717) is 0 Å². The fourth-order valence-corrected chi connectivity index (χ4v) is 1.83. The van der Waals surface area contributed by atoms with Gasteiger partial charge in [-0.3, -0.25) is 0 Å². The Morgan fingerprint density at radius 1 is 1.05 bits per heavy atom. The van der Waals surface area contributed by atoms with Gasteiger partial charge in [-0.05, 0) is 31.9 Å². The van der Waals surface area contributed by atoms with Crippen molar-refractivity contribution in [3.8, 4) is 0 Å². The summed E-state index contributed by atoms with van der Waals surface area (Å²) in [6.07, 6.45) is 1.07. The quantitative estimate of drug-likeness (QED) is 0.857. The van der Waals surface area contributed by atoms with Crippen LogP contribution >= 0.6 is 0 Å². The Morgan fingerprint density at radius 2 is 1.79 bits per heavy atom. The van der Waals surface area contributed by atoms with Crippen molar-refractivity contribution < 1.29 is 0 Å². The summed E-state index contributed by atoms with van der Waals surface area (Å²) >= 11 is 0. The molecule has 2 rings (SSSR count). The van der Waals surface area contributed by atoms with E-state index in [1.54, 1.807) is 0 Å². The molecule has 0 aliphatic carbocycles. The summed E-state index contributed by atoms with van der Waals surface area (Å²) in [5.41, 5.74) is 2.27. The number of aryl methyl sites for hydroxylation is 2. The predicted molar refractivity (Wildman–Crippen MR) is 80.0 cm³/mol. The Hall–Kier alpha value is -2.10. The number of nitrogens with one attached hydrogen (secondary N) is 2.